The molecular weight excluding hydrogens is 352 g/mol. The first-order valence-corrected chi connectivity index (χ1v) is 12.6. The molecule has 0 aromatic rings. The quantitative estimate of drug-likeness (QED) is 0.524. The molecule has 29 heavy (non-hydrogen) atoms. The third-order valence-electron chi connectivity index (χ3n) is 10.4. The van der Waals surface area contributed by atoms with E-state index in [1.807, 2.05) is 0 Å². The lowest BCUT2D eigenvalue weighted by atomic mass is 9.38. The minimum Gasteiger partial charge on any atom is -0.325 e. The number of rotatable bonds is 1. The van der Waals surface area contributed by atoms with Gasteiger partial charge in [-0.15, -0.1) is 0 Å². The van der Waals surface area contributed by atoms with Gasteiger partial charge in [0, 0.05) is 11.1 Å². The molecule has 2 atom stereocenters. The van der Waals surface area contributed by atoms with Crippen LogP contribution in [-0.2, 0) is 0 Å². The van der Waals surface area contributed by atoms with Gasteiger partial charge in [-0.2, -0.15) is 0 Å². The lowest BCUT2D eigenvalue weighted by Crippen LogP contribution is -2.65. The smallest absolute Gasteiger partial charge is 0.0170 e. The second-order valence-electron chi connectivity index (χ2n) is 15.8. The minimum absolute atomic E-state index is 0.188. The molecule has 8 bridgehead atoms. The highest BCUT2D eigenvalue weighted by molar-refractivity contribution is 5.18. The molecule has 8 fully saturated rings. The maximum absolute atomic E-state index is 6.65. The SMILES string of the molecule is CC12CC3(C)CC(C)(C1)CC(N)(C2)C3.CCC12CC3(C)CC(C)(CC(N)(C3)C1)C2. The second-order valence-corrected chi connectivity index (χ2v) is 15.8. The van der Waals surface area contributed by atoms with Gasteiger partial charge in [-0.05, 0) is 110 Å². The van der Waals surface area contributed by atoms with E-state index in [2.05, 4.69) is 41.5 Å². The van der Waals surface area contributed by atoms with Gasteiger partial charge < -0.3 is 11.5 Å². The fourth-order valence-corrected chi connectivity index (χ4v) is 12.8. The Morgan fingerprint density at radius 2 is 0.724 bits per heavy atom. The molecule has 0 spiro atoms. The molecule has 4 N–H and O–H groups in total. The topological polar surface area (TPSA) is 52.0 Å². The van der Waals surface area contributed by atoms with E-state index in [0.717, 1.165) is 0 Å². The van der Waals surface area contributed by atoms with Gasteiger partial charge in [0.05, 0.1) is 0 Å². The predicted octanol–water partition coefficient (Wildman–Crippen LogP) is 6.56. The first kappa shape index (κ1) is 20.8. The average molecular weight is 401 g/mol. The largest absolute Gasteiger partial charge is 0.325 e. The van der Waals surface area contributed by atoms with Crippen LogP contribution in [0.1, 0.15) is 125 Å². The van der Waals surface area contributed by atoms with E-state index in [1.54, 1.807) is 0 Å². The highest BCUT2D eigenvalue weighted by Crippen LogP contribution is 2.71. The summed E-state index contributed by atoms with van der Waals surface area (Å²) in [5.41, 5.74) is 17.0. The molecule has 2 heteroatoms. The molecule has 0 heterocycles. The van der Waals surface area contributed by atoms with Crippen molar-refractivity contribution in [1.29, 1.82) is 0 Å². The maximum atomic E-state index is 6.65. The lowest BCUT2D eigenvalue weighted by Gasteiger charge is -2.69. The van der Waals surface area contributed by atoms with Crippen LogP contribution >= 0.6 is 0 Å². The summed E-state index contributed by atoms with van der Waals surface area (Å²) < 4.78 is 0. The summed E-state index contributed by atoms with van der Waals surface area (Å²) in [6.07, 6.45) is 17.7. The van der Waals surface area contributed by atoms with E-state index in [1.165, 1.54) is 83.5 Å². The zero-order valence-corrected chi connectivity index (χ0v) is 20.3. The second kappa shape index (κ2) is 5.45. The summed E-state index contributed by atoms with van der Waals surface area (Å²) >= 11 is 0. The fraction of sp³-hybridized carbons (Fsp3) is 1.00. The fourth-order valence-electron chi connectivity index (χ4n) is 12.8. The Balaban J connectivity index is 0.000000125. The molecule has 0 aromatic carbocycles. The van der Waals surface area contributed by atoms with E-state index in [0.29, 0.717) is 32.5 Å². The molecule has 0 saturated heterocycles. The van der Waals surface area contributed by atoms with Crippen LogP contribution in [0.4, 0.5) is 0 Å². The van der Waals surface area contributed by atoms with Crippen molar-refractivity contribution in [3.8, 4) is 0 Å². The average Bonchev–Trinajstić information content (AvgIpc) is 2.35. The normalized spacial score (nSPS) is 64.1. The van der Waals surface area contributed by atoms with Crippen LogP contribution in [0.15, 0.2) is 0 Å². The van der Waals surface area contributed by atoms with E-state index >= 15 is 0 Å². The molecule has 0 amide bonds. The van der Waals surface area contributed by atoms with Crippen LogP contribution in [0, 0.1) is 32.5 Å². The first-order valence-electron chi connectivity index (χ1n) is 12.6. The number of nitrogens with two attached hydrogens (primary N) is 2. The molecular formula is C27H48N2. The van der Waals surface area contributed by atoms with Gasteiger partial charge in [-0.25, -0.2) is 0 Å². The number of hydrogen-bond acceptors (Lipinski definition) is 2. The summed E-state index contributed by atoms with van der Waals surface area (Å²) in [4.78, 5) is 0. The maximum Gasteiger partial charge on any atom is 0.0170 e. The van der Waals surface area contributed by atoms with Gasteiger partial charge in [0.25, 0.3) is 0 Å². The highest BCUT2D eigenvalue weighted by Gasteiger charge is 2.64. The van der Waals surface area contributed by atoms with Crippen LogP contribution in [0.25, 0.3) is 0 Å². The third-order valence-corrected chi connectivity index (χ3v) is 10.4. The third kappa shape index (κ3) is 3.34. The Morgan fingerprint density at radius 3 is 0.966 bits per heavy atom. The Bertz CT molecular complexity index is 573. The van der Waals surface area contributed by atoms with Crippen LogP contribution in [-0.4, -0.2) is 11.1 Å². The monoisotopic (exact) mass is 400 g/mol. The van der Waals surface area contributed by atoms with E-state index in [9.17, 15) is 0 Å². The highest BCUT2D eigenvalue weighted by atomic mass is 14.9. The van der Waals surface area contributed by atoms with Crippen LogP contribution in [0.3, 0.4) is 0 Å². The minimum atomic E-state index is 0.188. The van der Waals surface area contributed by atoms with Crippen molar-refractivity contribution < 1.29 is 0 Å². The van der Waals surface area contributed by atoms with Crippen molar-refractivity contribution >= 4 is 0 Å². The predicted molar refractivity (Wildman–Crippen MR) is 122 cm³/mol. The lowest BCUT2D eigenvalue weighted by molar-refractivity contribution is -0.156. The van der Waals surface area contributed by atoms with Gasteiger partial charge in [-0.3, -0.25) is 0 Å². The molecule has 8 saturated carbocycles. The first-order chi connectivity index (χ1) is 13.0. The van der Waals surface area contributed by atoms with Gasteiger partial charge in [0.15, 0.2) is 0 Å². The molecule has 0 aromatic heterocycles. The van der Waals surface area contributed by atoms with Gasteiger partial charge in [-0.1, -0.05) is 48.0 Å². The van der Waals surface area contributed by atoms with Crippen LogP contribution in [0.2, 0.25) is 0 Å². The van der Waals surface area contributed by atoms with E-state index < -0.39 is 0 Å². The Kier molecular flexibility index (Phi) is 3.91. The van der Waals surface area contributed by atoms with Crippen LogP contribution < -0.4 is 11.5 Å². The van der Waals surface area contributed by atoms with Crippen molar-refractivity contribution in [3.05, 3.63) is 0 Å². The zero-order valence-electron chi connectivity index (χ0n) is 20.3. The molecule has 8 aliphatic rings. The van der Waals surface area contributed by atoms with Crippen molar-refractivity contribution in [2.75, 3.05) is 0 Å². The van der Waals surface area contributed by atoms with Gasteiger partial charge in [0.2, 0.25) is 0 Å². The Morgan fingerprint density at radius 1 is 0.448 bits per heavy atom. The molecule has 0 aliphatic heterocycles. The molecule has 0 radical (unpaired) electrons. The number of hydrogen-bond donors (Lipinski definition) is 2. The van der Waals surface area contributed by atoms with Crippen molar-refractivity contribution in [2.24, 2.45) is 44.0 Å². The molecule has 2 unspecified atom stereocenters. The molecule has 8 rings (SSSR count). The Hall–Kier alpha value is -0.0800. The van der Waals surface area contributed by atoms with Crippen LogP contribution in [0.5, 0.6) is 0 Å². The summed E-state index contributed by atoms with van der Waals surface area (Å²) in [5.74, 6) is 0. The van der Waals surface area contributed by atoms with Crippen molar-refractivity contribution in [3.63, 3.8) is 0 Å². The van der Waals surface area contributed by atoms with Crippen molar-refractivity contribution in [2.45, 2.75) is 136 Å². The molecule has 166 valence electrons. The van der Waals surface area contributed by atoms with E-state index in [-0.39, 0.29) is 11.1 Å². The van der Waals surface area contributed by atoms with Gasteiger partial charge in [0.1, 0.15) is 0 Å². The Labute approximate surface area is 180 Å². The summed E-state index contributed by atoms with van der Waals surface area (Å²) in [5, 5.41) is 0. The van der Waals surface area contributed by atoms with Crippen molar-refractivity contribution in [1.82, 2.24) is 0 Å². The van der Waals surface area contributed by atoms with Gasteiger partial charge >= 0.3 is 0 Å². The van der Waals surface area contributed by atoms with E-state index in [4.69, 9.17) is 11.5 Å². The standard InChI is InChI=1S/C14H25N.C13H23N/c1-4-13-6-11(2)5-12(3,7-13)9-14(15,8-11)10-13;1-10-4-11(2)6-12(3,5-10)9-13(14,7-10)8-11/h4-10,15H2,1-3H3;4-9,14H2,1-3H3. The molecule has 8 aliphatic carbocycles. The summed E-state index contributed by atoms with van der Waals surface area (Å²) in [6.45, 7) is 14.8. The summed E-state index contributed by atoms with van der Waals surface area (Å²) in [7, 11) is 0. The molecule has 2 nitrogen and oxygen atoms in total. The zero-order chi connectivity index (χ0) is 21.2. The summed E-state index contributed by atoms with van der Waals surface area (Å²) in [6, 6.07) is 0.